The number of rotatable bonds is 4. The third kappa shape index (κ3) is 3.87. The summed E-state index contributed by atoms with van der Waals surface area (Å²) in [5, 5.41) is 9.58. The average molecular weight is 563 g/mol. The monoisotopic (exact) mass is 562 g/mol. The lowest BCUT2D eigenvalue weighted by atomic mass is 9.94. The van der Waals surface area contributed by atoms with Crippen LogP contribution in [0, 0.1) is 0 Å². The van der Waals surface area contributed by atoms with Gasteiger partial charge in [0.2, 0.25) is 0 Å². The van der Waals surface area contributed by atoms with Crippen LogP contribution in [0.1, 0.15) is 0 Å². The molecule has 0 spiro atoms. The van der Waals surface area contributed by atoms with E-state index < -0.39 is 0 Å². The molecule has 0 unspecified atom stereocenters. The Morgan fingerprint density at radius 2 is 1.16 bits per heavy atom. The summed E-state index contributed by atoms with van der Waals surface area (Å²) in [6.07, 6.45) is 3.61. The summed E-state index contributed by atoms with van der Waals surface area (Å²) in [6.45, 7) is 0. The van der Waals surface area contributed by atoms with Gasteiger partial charge in [0, 0.05) is 33.7 Å². The molecule has 9 aromatic rings. The molecule has 0 atom stereocenters. The first-order valence-corrected chi connectivity index (χ1v) is 14.9. The predicted octanol–water partition coefficient (Wildman–Crippen LogP) is 11.6. The molecule has 0 amide bonds. The molecule has 2 heterocycles. The molecule has 0 aliphatic rings. The summed E-state index contributed by atoms with van der Waals surface area (Å²) in [4.78, 5) is 6.65. The number of aromatic nitrogens is 1. The van der Waals surface area contributed by atoms with Crippen molar-refractivity contribution in [3.05, 3.63) is 158 Å². The van der Waals surface area contributed by atoms with Crippen molar-refractivity contribution in [2.45, 2.75) is 0 Å². The Kier molecular flexibility index (Phi) is 5.50. The highest BCUT2D eigenvalue weighted by Gasteiger charge is 2.20. The van der Waals surface area contributed by atoms with Crippen LogP contribution in [0.3, 0.4) is 0 Å². The zero-order valence-corrected chi connectivity index (χ0v) is 23.8. The largest absolute Gasteiger partial charge is 0.454 e. The number of benzene rings is 7. The van der Waals surface area contributed by atoms with Crippen molar-refractivity contribution < 1.29 is 4.42 Å². The van der Waals surface area contributed by atoms with Gasteiger partial charge in [0.15, 0.2) is 5.58 Å². The molecule has 0 aliphatic heterocycles. The maximum Gasteiger partial charge on any atom is 0.153 e. The van der Waals surface area contributed by atoms with Crippen LogP contribution in [-0.4, -0.2) is 4.98 Å². The maximum atomic E-state index is 6.15. The number of hydrogen-bond acceptors (Lipinski definition) is 3. The van der Waals surface area contributed by atoms with Gasteiger partial charge in [-0.25, -0.2) is 0 Å². The molecular formula is C41H26N2O. The van der Waals surface area contributed by atoms with E-state index in [0.29, 0.717) is 0 Å². The minimum Gasteiger partial charge on any atom is -0.454 e. The molecule has 3 nitrogen and oxygen atoms in total. The van der Waals surface area contributed by atoms with E-state index in [1.165, 1.54) is 43.4 Å². The van der Waals surface area contributed by atoms with E-state index in [1.807, 2.05) is 12.3 Å². The van der Waals surface area contributed by atoms with Gasteiger partial charge in [-0.15, -0.1) is 0 Å². The van der Waals surface area contributed by atoms with E-state index >= 15 is 0 Å². The van der Waals surface area contributed by atoms with E-state index in [9.17, 15) is 0 Å². The van der Waals surface area contributed by atoms with Gasteiger partial charge in [-0.1, -0.05) is 103 Å². The van der Waals surface area contributed by atoms with Crippen LogP contribution in [0.25, 0.3) is 65.4 Å². The van der Waals surface area contributed by atoms with Crippen molar-refractivity contribution in [3.8, 4) is 11.1 Å². The molecule has 2 aromatic heterocycles. The van der Waals surface area contributed by atoms with Crippen molar-refractivity contribution in [1.82, 2.24) is 4.98 Å². The van der Waals surface area contributed by atoms with Crippen LogP contribution in [-0.2, 0) is 0 Å². The number of nitrogens with zero attached hydrogens (tertiary/aromatic N) is 2. The Bertz CT molecular complexity index is 2490. The molecule has 0 fully saturated rings. The summed E-state index contributed by atoms with van der Waals surface area (Å²) < 4.78 is 6.15. The van der Waals surface area contributed by atoms with Crippen molar-refractivity contribution in [3.63, 3.8) is 0 Å². The molecule has 9 rings (SSSR count). The highest BCUT2D eigenvalue weighted by atomic mass is 16.3. The van der Waals surface area contributed by atoms with Crippen LogP contribution in [0.2, 0.25) is 0 Å². The van der Waals surface area contributed by atoms with Crippen LogP contribution in [0.15, 0.2) is 162 Å². The van der Waals surface area contributed by atoms with Gasteiger partial charge in [-0.05, 0) is 80.5 Å². The Balaban J connectivity index is 1.33. The standard InChI is InChI=1S/C41H26N2O/c1-2-8-27(9-3-1)28-16-18-31(19-17-28)43(32-20-21-39-37(25-32)35-22-23-42-26-40(35)44-39)38-24-30-15-14-29-10-4-5-11-33(29)41(30)36-13-7-6-12-34(36)38/h1-26H. The normalized spacial score (nSPS) is 11.6. The van der Waals surface area contributed by atoms with Gasteiger partial charge in [0.25, 0.3) is 0 Å². The third-order valence-corrected chi connectivity index (χ3v) is 8.72. The van der Waals surface area contributed by atoms with E-state index in [2.05, 4.69) is 149 Å². The number of anilines is 3. The molecule has 0 radical (unpaired) electrons. The average Bonchev–Trinajstić information content (AvgIpc) is 3.47. The number of pyridine rings is 1. The molecule has 7 aromatic carbocycles. The number of fused-ring (bicyclic) bond motifs is 8. The van der Waals surface area contributed by atoms with E-state index in [1.54, 1.807) is 6.20 Å². The third-order valence-electron chi connectivity index (χ3n) is 8.72. The molecule has 0 aliphatic carbocycles. The van der Waals surface area contributed by atoms with Crippen molar-refractivity contribution >= 4 is 71.3 Å². The van der Waals surface area contributed by atoms with Crippen molar-refractivity contribution in [2.75, 3.05) is 4.90 Å². The lowest BCUT2D eigenvalue weighted by Crippen LogP contribution is -2.10. The summed E-state index contributed by atoms with van der Waals surface area (Å²) in [5.41, 5.74) is 7.32. The van der Waals surface area contributed by atoms with E-state index in [4.69, 9.17) is 4.42 Å². The molecule has 0 saturated carbocycles. The molecular weight excluding hydrogens is 536 g/mol. The Labute approximate surface area is 254 Å². The van der Waals surface area contributed by atoms with Crippen LogP contribution < -0.4 is 4.90 Å². The van der Waals surface area contributed by atoms with Crippen molar-refractivity contribution in [1.29, 1.82) is 0 Å². The molecule has 3 heteroatoms. The van der Waals surface area contributed by atoms with Crippen molar-refractivity contribution in [2.24, 2.45) is 0 Å². The first-order valence-electron chi connectivity index (χ1n) is 14.9. The van der Waals surface area contributed by atoms with Crippen LogP contribution in [0.4, 0.5) is 17.1 Å². The zero-order valence-electron chi connectivity index (χ0n) is 23.8. The maximum absolute atomic E-state index is 6.15. The first kappa shape index (κ1) is 24.6. The first-order chi connectivity index (χ1) is 21.8. The summed E-state index contributed by atoms with van der Waals surface area (Å²) in [7, 11) is 0. The lowest BCUT2D eigenvalue weighted by molar-refractivity contribution is 0.667. The highest BCUT2D eigenvalue weighted by molar-refractivity contribution is 6.23. The summed E-state index contributed by atoms with van der Waals surface area (Å²) in [6, 6.07) is 52.2. The fraction of sp³-hybridized carbons (Fsp3) is 0. The Hall–Kier alpha value is -5.93. The molecule has 0 N–H and O–H groups in total. The van der Waals surface area contributed by atoms with E-state index in [-0.39, 0.29) is 0 Å². The van der Waals surface area contributed by atoms with Gasteiger partial charge < -0.3 is 9.32 Å². The second-order valence-corrected chi connectivity index (χ2v) is 11.2. The highest BCUT2D eigenvalue weighted by Crippen LogP contribution is 2.45. The van der Waals surface area contributed by atoms with E-state index in [0.717, 1.165) is 39.0 Å². The fourth-order valence-corrected chi connectivity index (χ4v) is 6.66. The smallest absolute Gasteiger partial charge is 0.153 e. The molecule has 0 saturated heterocycles. The SMILES string of the molecule is c1ccc(-c2ccc(N(c3ccc4oc5cnccc5c4c3)c3cc4ccc5ccccc5c4c4ccccc34)cc2)cc1. The molecule has 0 bridgehead atoms. The van der Waals surface area contributed by atoms with Crippen LogP contribution in [0.5, 0.6) is 0 Å². The molecule has 206 valence electrons. The second kappa shape index (κ2) is 9.82. The van der Waals surface area contributed by atoms with Gasteiger partial charge in [0.1, 0.15) is 5.58 Å². The predicted molar refractivity (Wildman–Crippen MR) is 184 cm³/mol. The van der Waals surface area contributed by atoms with Gasteiger partial charge in [-0.3, -0.25) is 4.98 Å². The fourth-order valence-electron chi connectivity index (χ4n) is 6.66. The minimum atomic E-state index is 0.793. The second-order valence-electron chi connectivity index (χ2n) is 11.2. The summed E-state index contributed by atoms with van der Waals surface area (Å²) >= 11 is 0. The zero-order chi connectivity index (χ0) is 29.0. The van der Waals surface area contributed by atoms with Crippen LogP contribution >= 0.6 is 0 Å². The quantitative estimate of drug-likeness (QED) is 0.200. The Morgan fingerprint density at radius 3 is 2.02 bits per heavy atom. The summed E-state index contributed by atoms with van der Waals surface area (Å²) in [5.74, 6) is 0. The van der Waals surface area contributed by atoms with Gasteiger partial charge in [-0.2, -0.15) is 0 Å². The Morgan fingerprint density at radius 1 is 0.455 bits per heavy atom. The lowest BCUT2D eigenvalue weighted by Gasteiger charge is -2.28. The molecule has 44 heavy (non-hydrogen) atoms. The number of hydrogen-bond donors (Lipinski definition) is 0. The topological polar surface area (TPSA) is 29.3 Å². The minimum absolute atomic E-state index is 0.793. The van der Waals surface area contributed by atoms with Gasteiger partial charge in [0.05, 0.1) is 11.9 Å². The number of furan rings is 1. The van der Waals surface area contributed by atoms with Gasteiger partial charge >= 0.3 is 0 Å².